The summed E-state index contributed by atoms with van der Waals surface area (Å²) in [6, 6.07) is 8.71. The highest BCUT2D eigenvalue weighted by Crippen LogP contribution is 2.41. The van der Waals surface area contributed by atoms with Gasteiger partial charge in [-0.2, -0.15) is 0 Å². The molecule has 18 atom stereocenters. The lowest BCUT2D eigenvalue weighted by Gasteiger charge is -2.50. The molecule has 0 unspecified atom stereocenters. The van der Waals surface area contributed by atoms with Crippen molar-refractivity contribution in [3.8, 4) is 0 Å². The van der Waals surface area contributed by atoms with Crippen LogP contribution in [0.15, 0.2) is 42.6 Å². The van der Waals surface area contributed by atoms with Crippen LogP contribution in [0.2, 0.25) is 0 Å². The van der Waals surface area contributed by atoms with E-state index in [1.807, 2.05) is 83.9 Å². The summed E-state index contributed by atoms with van der Waals surface area (Å²) >= 11 is 0. The molecule has 3 saturated heterocycles. The third kappa shape index (κ3) is 12.6. The zero-order valence-electron chi connectivity index (χ0n) is 42.5. The predicted octanol–water partition coefficient (Wildman–Crippen LogP) is 4.94. The number of aromatic nitrogens is 1. The van der Waals surface area contributed by atoms with E-state index in [2.05, 4.69) is 10.3 Å². The number of carbonyl (C=O) groups excluding carboxylic acids is 3. The van der Waals surface area contributed by atoms with Crippen molar-refractivity contribution in [3.63, 3.8) is 0 Å². The van der Waals surface area contributed by atoms with Gasteiger partial charge in [0.2, 0.25) is 5.91 Å². The first-order chi connectivity index (χ1) is 31.9. The Balaban J connectivity index is 1.53. The Morgan fingerprint density at radius 3 is 2.29 bits per heavy atom. The Hall–Kier alpha value is -3.62. The fourth-order valence-electron chi connectivity index (χ4n) is 10.4. The molecule has 17 nitrogen and oxygen atoms in total. The fourth-order valence-corrected chi connectivity index (χ4v) is 10.4. The second-order valence-electron chi connectivity index (χ2n) is 20.2. The van der Waals surface area contributed by atoms with Gasteiger partial charge in [-0.05, 0) is 113 Å². The summed E-state index contributed by atoms with van der Waals surface area (Å²) in [5.74, 6) is -4.89. The molecular weight excluding hydrogens is 879 g/mol. The van der Waals surface area contributed by atoms with Crippen LogP contribution in [0.1, 0.15) is 107 Å². The fraction of sp³-hybridized carbons (Fsp3) is 0.725. The third-order valence-corrected chi connectivity index (χ3v) is 14.4. The van der Waals surface area contributed by atoms with Crippen LogP contribution in [0.3, 0.4) is 0 Å². The van der Waals surface area contributed by atoms with Crippen LogP contribution in [-0.2, 0) is 52.3 Å². The van der Waals surface area contributed by atoms with Gasteiger partial charge in [0.15, 0.2) is 18.7 Å². The number of esters is 2. The number of aliphatic hydroxyl groups excluding tert-OH is 2. The van der Waals surface area contributed by atoms with Gasteiger partial charge in [0.05, 0.1) is 53.5 Å². The van der Waals surface area contributed by atoms with Gasteiger partial charge >= 0.3 is 11.9 Å². The number of benzene rings is 1. The van der Waals surface area contributed by atoms with Crippen LogP contribution in [0, 0.1) is 17.8 Å². The number of carbonyl (C=O) groups is 3. The lowest BCUT2D eigenvalue weighted by Crippen LogP contribution is -2.61. The summed E-state index contributed by atoms with van der Waals surface area (Å²) in [4.78, 5) is 48.2. The zero-order chi connectivity index (χ0) is 50.5. The molecule has 3 aliphatic heterocycles. The predicted molar refractivity (Wildman–Crippen MR) is 254 cm³/mol. The Morgan fingerprint density at radius 2 is 1.65 bits per heavy atom. The minimum absolute atomic E-state index is 0.0509. The number of para-hydroxylation sites is 1. The standard InChI is InChI=1S/C51H79N3O14/c1-15-38-51(11,60)43(57)32(7)46(58)53-28(3)25-50(10,62-16-2)44(68-48-41(56)37(54(12)13)23-29(4)63-48)30(5)42(31(6)47(59)65-38)67-40-26-49(9,61-14)45(33(8)64-40)66-39(55)22-21-34-24-35-19-17-18-20-36(35)52-27-34/h17-22,24,27-33,37-38,40-45,48,56-57,60H,15-16,23,25-26H2,1-14H3,(H,53,58)/b22-21+/t28-,29-,30+,31-,32-,33+,37+,38-,40+,41-,42-,43-,44-,45+,48+,49-,50+,51-/m1/s1. The molecule has 0 radical (unpaired) electrons. The molecule has 68 heavy (non-hydrogen) atoms. The van der Waals surface area contributed by atoms with Crippen LogP contribution in [0.4, 0.5) is 0 Å². The van der Waals surface area contributed by atoms with E-state index in [0.29, 0.717) is 6.42 Å². The Bertz CT molecular complexity index is 2040. The minimum atomic E-state index is -2.04. The first-order valence-corrected chi connectivity index (χ1v) is 24.2. The number of methoxy groups -OCH3 is 1. The average molecular weight is 958 g/mol. The highest BCUT2D eigenvalue weighted by atomic mass is 16.7. The van der Waals surface area contributed by atoms with Crippen LogP contribution in [-0.4, -0.2) is 161 Å². The molecule has 2 aromatic rings. The first-order valence-electron chi connectivity index (χ1n) is 24.2. The van der Waals surface area contributed by atoms with Crippen molar-refractivity contribution in [2.45, 2.75) is 192 Å². The average Bonchev–Trinajstić information content (AvgIpc) is 3.28. The number of pyridine rings is 1. The SMILES string of the molecule is CCO[C@@]1(C)C[C@@H](C)NC(=O)[C@H](C)[C@@H](O)[C@](C)(O)[C@@H](CC)OC(=O)[C@H](C)[C@H](O[C@H]2C[C@@](C)(OC)[C@@H](OC(=O)/C=C/c3cnc4ccccc4c3)[C@H](C)O2)[C@H](C)[C@H]1O[C@@H]1O[C@H](C)C[C@H](N(C)C)[C@H]1O. The molecule has 0 bridgehead atoms. The minimum Gasteiger partial charge on any atom is -0.459 e. The molecule has 1 aromatic carbocycles. The number of fused-ring (bicyclic) bond motifs is 1. The van der Waals surface area contributed by atoms with Crippen LogP contribution in [0.25, 0.3) is 17.0 Å². The second-order valence-corrected chi connectivity index (χ2v) is 20.2. The van der Waals surface area contributed by atoms with Crippen LogP contribution in [0.5, 0.6) is 0 Å². The molecule has 0 saturated carbocycles. The summed E-state index contributed by atoms with van der Waals surface area (Å²) in [6.07, 6.45) is -4.68. The Labute approximate surface area is 402 Å². The van der Waals surface area contributed by atoms with E-state index >= 15 is 0 Å². The number of hydrogen-bond acceptors (Lipinski definition) is 16. The Morgan fingerprint density at radius 1 is 0.956 bits per heavy atom. The number of rotatable bonds is 12. The number of aliphatic hydroxyl groups is 3. The summed E-state index contributed by atoms with van der Waals surface area (Å²) < 4.78 is 51.7. The van der Waals surface area contributed by atoms with Gasteiger partial charge in [0, 0.05) is 55.8 Å². The van der Waals surface area contributed by atoms with Crippen molar-refractivity contribution in [2.24, 2.45) is 17.8 Å². The van der Waals surface area contributed by atoms with E-state index in [1.54, 1.807) is 40.0 Å². The lowest BCUT2D eigenvalue weighted by atomic mass is 9.78. The summed E-state index contributed by atoms with van der Waals surface area (Å²) in [5.41, 5.74) is -2.89. The largest absolute Gasteiger partial charge is 0.459 e. The van der Waals surface area contributed by atoms with E-state index in [4.69, 9.17) is 37.9 Å². The summed E-state index contributed by atoms with van der Waals surface area (Å²) in [7, 11) is 5.27. The number of nitrogens with one attached hydrogen (secondary N) is 1. The van der Waals surface area contributed by atoms with Gasteiger partial charge in [0.25, 0.3) is 0 Å². The molecule has 4 heterocycles. The van der Waals surface area contributed by atoms with Gasteiger partial charge < -0.3 is 63.4 Å². The molecule has 0 aliphatic carbocycles. The normalized spacial score (nSPS) is 40.4. The van der Waals surface area contributed by atoms with Crippen molar-refractivity contribution in [3.05, 3.63) is 48.2 Å². The molecular formula is C51H79N3O14. The first kappa shape index (κ1) is 55.3. The van der Waals surface area contributed by atoms with Crippen LogP contribution >= 0.6 is 0 Å². The zero-order valence-corrected chi connectivity index (χ0v) is 42.5. The van der Waals surface area contributed by atoms with Crippen molar-refractivity contribution in [1.82, 2.24) is 15.2 Å². The maximum atomic E-state index is 14.6. The van der Waals surface area contributed by atoms with Gasteiger partial charge in [-0.25, -0.2) is 4.79 Å². The van der Waals surface area contributed by atoms with Gasteiger partial charge in [-0.1, -0.05) is 39.0 Å². The molecule has 1 aromatic heterocycles. The smallest absolute Gasteiger partial charge is 0.331 e. The van der Waals surface area contributed by atoms with Gasteiger partial charge in [-0.3, -0.25) is 14.6 Å². The molecule has 382 valence electrons. The van der Waals surface area contributed by atoms with Crippen molar-refractivity contribution < 1.29 is 67.6 Å². The molecule has 1 amide bonds. The van der Waals surface area contributed by atoms with Gasteiger partial charge in [0.1, 0.15) is 23.4 Å². The quantitative estimate of drug-likeness (QED) is 0.164. The molecule has 17 heteroatoms. The summed E-state index contributed by atoms with van der Waals surface area (Å²) in [6.45, 7) is 19.2. The molecule has 3 aliphatic rings. The highest BCUT2D eigenvalue weighted by Gasteiger charge is 2.54. The van der Waals surface area contributed by atoms with Crippen molar-refractivity contribution in [2.75, 3.05) is 27.8 Å². The maximum Gasteiger partial charge on any atom is 0.331 e. The van der Waals surface area contributed by atoms with Crippen molar-refractivity contribution >= 4 is 34.8 Å². The monoisotopic (exact) mass is 958 g/mol. The topological polar surface area (TPSA) is 214 Å². The third-order valence-electron chi connectivity index (χ3n) is 14.4. The number of nitrogens with zero attached hydrogens (tertiary/aromatic N) is 2. The highest BCUT2D eigenvalue weighted by molar-refractivity contribution is 5.88. The lowest BCUT2D eigenvalue weighted by molar-refractivity contribution is -0.320. The number of likely N-dealkylation sites (N-methyl/N-ethyl adjacent to an activating group) is 1. The number of cyclic esters (lactones) is 1. The van der Waals surface area contributed by atoms with E-state index in [9.17, 15) is 29.7 Å². The maximum absolute atomic E-state index is 14.6. The van der Waals surface area contributed by atoms with Gasteiger partial charge in [-0.15, -0.1) is 0 Å². The van der Waals surface area contributed by atoms with E-state index < -0.39 is 114 Å². The molecule has 0 spiro atoms. The van der Waals surface area contributed by atoms with E-state index in [-0.39, 0.29) is 38.0 Å². The number of hydrogen-bond donors (Lipinski definition) is 4. The van der Waals surface area contributed by atoms with Crippen LogP contribution < -0.4 is 5.32 Å². The molecule has 4 N–H and O–H groups in total. The number of ether oxygens (including phenoxy) is 8. The van der Waals surface area contributed by atoms with E-state index in [1.165, 1.54) is 27.0 Å². The Kier molecular flexibility index (Phi) is 18.8. The second kappa shape index (κ2) is 23.1. The molecule has 5 rings (SSSR count). The molecule has 3 fully saturated rings. The number of amides is 1. The summed E-state index contributed by atoms with van der Waals surface area (Å²) in [5, 5.41) is 39.1. The van der Waals surface area contributed by atoms with E-state index in [0.717, 1.165) is 16.5 Å². The van der Waals surface area contributed by atoms with Crippen molar-refractivity contribution in [1.29, 1.82) is 0 Å².